The first kappa shape index (κ1) is 19.0. The molecular formula is C17H17ClN2O4S. The van der Waals surface area contributed by atoms with E-state index in [2.05, 4.69) is 10.6 Å². The van der Waals surface area contributed by atoms with Crippen molar-refractivity contribution in [2.45, 2.75) is 11.8 Å². The summed E-state index contributed by atoms with van der Waals surface area (Å²) in [5, 5.41) is 5.57. The molecule has 0 spiro atoms. The maximum absolute atomic E-state index is 12.2. The zero-order valence-electron chi connectivity index (χ0n) is 13.5. The van der Waals surface area contributed by atoms with Crippen LogP contribution in [-0.2, 0) is 14.6 Å². The number of hydrogen-bond donors (Lipinski definition) is 2. The van der Waals surface area contributed by atoms with Gasteiger partial charge in [0.1, 0.15) is 5.75 Å². The Morgan fingerprint density at radius 2 is 1.60 bits per heavy atom. The van der Waals surface area contributed by atoms with Gasteiger partial charge in [0, 0.05) is 22.8 Å². The largest absolute Gasteiger partial charge is 0.352 e. The van der Waals surface area contributed by atoms with Crippen molar-refractivity contribution in [1.82, 2.24) is 5.32 Å². The number of hydrogen-bond acceptors (Lipinski definition) is 4. The van der Waals surface area contributed by atoms with Gasteiger partial charge in [-0.1, -0.05) is 11.6 Å². The lowest BCUT2D eigenvalue weighted by Gasteiger charge is -2.08. The van der Waals surface area contributed by atoms with E-state index in [1.165, 1.54) is 36.4 Å². The topological polar surface area (TPSA) is 92.3 Å². The number of benzene rings is 2. The van der Waals surface area contributed by atoms with Gasteiger partial charge < -0.3 is 10.6 Å². The van der Waals surface area contributed by atoms with Crippen LogP contribution < -0.4 is 10.6 Å². The normalized spacial score (nSPS) is 11.0. The summed E-state index contributed by atoms with van der Waals surface area (Å²) in [7, 11) is -3.76. The predicted molar refractivity (Wildman–Crippen MR) is 96.6 cm³/mol. The first-order valence-electron chi connectivity index (χ1n) is 7.48. The summed E-state index contributed by atoms with van der Waals surface area (Å²) >= 11 is 5.73. The number of halogens is 1. The third kappa shape index (κ3) is 5.30. The van der Waals surface area contributed by atoms with Crippen LogP contribution in [0.5, 0.6) is 0 Å². The molecule has 8 heteroatoms. The quantitative estimate of drug-likeness (QED) is 0.805. The summed E-state index contributed by atoms with van der Waals surface area (Å²) in [5.41, 5.74) is 0.859. The van der Waals surface area contributed by atoms with Gasteiger partial charge in [0.2, 0.25) is 5.91 Å². The molecule has 0 unspecified atom stereocenters. The van der Waals surface area contributed by atoms with Crippen molar-refractivity contribution < 1.29 is 18.0 Å². The van der Waals surface area contributed by atoms with E-state index < -0.39 is 21.5 Å². The lowest BCUT2D eigenvalue weighted by molar-refractivity contribution is -0.113. The van der Waals surface area contributed by atoms with Gasteiger partial charge in [-0.25, -0.2) is 8.42 Å². The van der Waals surface area contributed by atoms with Crippen LogP contribution in [0.4, 0.5) is 5.69 Å². The zero-order valence-corrected chi connectivity index (χ0v) is 15.0. The molecule has 2 rings (SSSR count). The Balaban J connectivity index is 2.02. The van der Waals surface area contributed by atoms with Crippen molar-refractivity contribution in [2.24, 2.45) is 0 Å². The van der Waals surface area contributed by atoms with Crippen molar-refractivity contribution in [3.8, 4) is 0 Å². The van der Waals surface area contributed by atoms with Crippen molar-refractivity contribution in [1.29, 1.82) is 0 Å². The molecule has 0 radical (unpaired) electrons. The standard InChI is InChI=1S/C17H17ClN2O4S/c1-2-19-17(22)12-3-7-14(8-4-12)20-16(21)11-25(23,24)15-9-5-13(18)6-10-15/h3-10H,2,11H2,1H3,(H,19,22)(H,20,21). The first-order valence-corrected chi connectivity index (χ1v) is 9.51. The fourth-order valence-electron chi connectivity index (χ4n) is 2.06. The van der Waals surface area contributed by atoms with E-state index in [0.717, 1.165) is 0 Å². The summed E-state index contributed by atoms with van der Waals surface area (Å²) in [6.07, 6.45) is 0. The number of carbonyl (C=O) groups excluding carboxylic acids is 2. The van der Waals surface area contributed by atoms with E-state index in [9.17, 15) is 18.0 Å². The average Bonchev–Trinajstić information content (AvgIpc) is 2.55. The molecule has 2 aromatic carbocycles. The fraction of sp³-hybridized carbons (Fsp3) is 0.176. The Hall–Kier alpha value is -2.38. The maximum Gasteiger partial charge on any atom is 0.251 e. The number of carbonyl (C=O) groups is 2. The van der Waals surface area contributed by atoms with E-state index in [1.54, 1.807) is 12.1 Å². The Bertz CT molecular complexity index is 863. The number of anilines is 1. The molecule has 0 saturated heterocycles. The highest BCUT2D eigenvalue weighted by Crippen LogP contribution is 2.16. The van der Waals surface area contributed by atoms with Crippen LogP contribution in [0.1, 0.15) is 17.3 Å². The lowest BCUT2D eigenvalue weighted by Crippen LogP contribution is -2.24. The second-order valence-electron chi connectivity index (χ2n) is 5.20. The van der Waals surface area contributed by atoms with Gasteiger partial charge in [-0.15, -0.1) is 0 Å². The molecule has 0 atom stereocenters. The molecule has 132 valence electrons. The molecule has 0 heterocycles. The molecule has 0 aliphatic heterocycles. The zero-order chi connectivity index (χ0) is 18.4. The summed E-state index contributed by atoms with van der Waals surface area (Å²) < 4.78 is 24.4. The van der Waals surface area contributed by atoms with Crippen LogP contribution in [0.3, 0.4) is 0 Å². The van der Waals surface area contributed by atoms with Gasteiger partial charge in [0.25, 0.3) is 5.91 Å². The Morgan fingerprint density at radius 3 is 2.16 bits per heavy atom. The second-order valence-corrected chi connectivity index (χ2v) is 7.62. The average molecular weight is 381 g/mol. The van der Waals surface area contributed by atoms with Gasteiger partial charge in [0.05, 0.1) is 4.90 Å². The summed E-state index contributed by atoms with van der Waals surface area (Å²) in [6, 6.07) is 11.8. The molecule has 0 aliphatic carbocycles. The van der Waals surface area contributed by atoms with Crippen molar-refractivity contribution in [2.75, 3.05) is 17.6 Å². The highest BCUT2D eigenvalue weighted by molar-refractivity contribution is 7.92. The van der Waals surface area contributed by atoms with E-state index in [1.807, 2.05) is 6.92 Å². The lowest BCUT2D eigenvalue weighted by atomic mass is 10.2. The number of sulfone groups is 1. The van der Waals surface area contributed by atoms with Gasteiger partial charge in [0.15, 0.2) is 9.84 Å². The van der Waals surface area contributed by atoms with Crippen LogP contribution in [0.2, 0.25) is 5.02 Å². The van der Waals surface area contributed by atoms with Gasteiger partial charge in [-0.05, 0) is 55.5 Å². The molecule has 0 bridgehead atoms. The minimum Gasteiger partial charge on any atom is -0.352 e. The molecule has 25 heavy (non-hydrogen) atoms. The minimum atomic E-state index is -3.76. The van der Waals surface area contributed by atoms with Crippen LogP contribution in [0.15, 0.2) is 53.4 Å². The summed E-state index contributed by atoms with van der Waals surface area (Å²) in [6.45, 7) is 2.33. The third-order valence-corrected chi connectivity index (χ3v) is 5.15. The second kappa shape index (κ2) is 8.13. The van der Waals surface area contributed by atoms with Crippen molar-refractivity contribution in [3.63, 3.8) is 0 Å². The molecule has 6 nitrogen and oxygen atoms in total. The van der Waals surface area contributed by atoms with E-state index in [-0.39, 0.29) is 10.8 Å². The minimum absolute atomic E-state index is 0.0265. The van der Waals surface area contributed by atoms with Crippen LogP contribution in [0.25, 0.3) is 0 Å². The predicted octanol–water partition coefficient (Wildman–Crippen LogP) is 2.50. The Labute approximate surface area is 151 Å². The summed E-state index contributed by atoms with van der Waals surface area (Å²) in [4.78, 5) is 23.7. The van der Waals surface area contributed by atoms with Gasteiger partial charge in [-0.2, -0.15) is 0 Å². The maximum atomic E-state index is 12.2. The molecule has 2 N–H and O–H groups in total. The molecule has 0 aliphatic rings. The molecule has 0 saturated carbocycles. The SMILES string of the molecule is CCNC(=O)c1ccc(NC(=O)CS(=O)(=O)c2ccc(Cl)cc2)cc1. The molecule has 2 amide bonds. The summed E-state index contributed by atoms with van der Waals surface area (Å²) in [5.74, 6) is -1.57. The van der Waals surface area contributed by atoms with Gasteiger partial charge in [-0.3, -0.25) is 9.59 Å². The Kier molecular flexibility index (Phi) is 6.17. The fourth-order valence-corrected chi connectivity index (χ4v) is 3.32. The number of nitrogens with one attached hydrogen (secondary N) is 2. The van der Waals surface area contributed by atoms with Gasteiger partial charge >= 0.3 is 0 Å². The molecule has 0 fully saturated rings. The van der Waals surface area contributed by atoms with Crippen molar-refractivity contribution >= 4 is 38.9 Å². The van der Waals surface area contributed by atoms with E-state index >= 15 is 0 Å². The Morgan fingerprint density at radius 1 is 1.00 bits per heavy atom. The van der Waals surface area contributed by atoms with Crippen LogP contribution >= 0.6 is 11.6 Å². The molecular weight excluding hydrogens is 364 g/mol. The van der Waals surface area contributed by atoms with E-state index in [0.29, 0.717) is 22.8 Å². The molecule has 2 aromatic rings. The van der Waals surface area contributed by atoms with Crippen molar-refractivity contribution in [3.05, 3.63) is 59.1 Å². The highest BCUT2D eigenvalue weighted by atomic mass is 35.5. The monoisotopic (exact) mass is 380 g/mol. The molecule has 0 aromatic heterocycles. The third-order valence-electron chi connectivity index (χ3n) is 3.26. The van der Waals surface area contributed by atoms with E-state index in [4.69, 9.17) is 11.6 Å². The van der Waals surface area contributed by atoms with Crippen LogP contribution in [0, 0.1) is 0 Å². The first-order chi connectivity index (χ1) is 11.8. The smallest absolute Gasteiger partial charge is 0.251 e. The number of amides is 2. The number of rotatable bonds is 6. The highest BCUT2D eigenvalue weighted by Gasteiger charge is 2.19. The van der Waals surface area contributed by atoms with Crippen LogP contribution in [-0.4, -0.2) is 32.5 Å².